The molecule has 2 amide bonds. The highest BCUT2D eigenvalue weighted by atomic mass is 35.5. The first-order chi connectivity index (χ1) is 13.1. The number of quaternary nitrogens is 2. The van der Waals surface area contributed by atoms with Crippen molar-refractivity contribution >= 4 is 23.4 Å². The summed E-state index contributed by atoms with van der Waals surface area (Å²) in [5.41, 5.74) is 2.38. The zero-order valence-electron chi connectivity index (χ0n) is 15.2. The van der Waals surface area contributed by atoms with Crippen LogP contribution in [0.2, 0.25) is 5.02 Å². The van der Waals surface area contributed by atoms with Crippen molar-refractivity contribution in [3.8, 4) is 0 Å². The van der Waals surface area contributed by atoms with Gasteiger partial charge in [-0.2, -0.15) is 0 Å². The van der Waals surface area contributed by atoms with E-state index in [-0.39, 0.29) is 11.8 Å². The van der Waals surface area contributed by atoms with Crippen LogP contribution in [-0.2, 0) is 6.54 Å². The molecule has 0 aromatic heterocycles. The Morgan fingerprint density at radius 1 is 0.815 bits per heavy atom. The molecule has 0 spiro atoms. The third-order valence-electron chi connectivity index (χ3n) is 5.60. The molecule has 2 heterocycles. The number of nitrogens with zero attached hydrogens (tertiary/aromatic N) is 1. The summed E-state index contributed by atoms with van der Waals surface area (Å²) in [6.07, 6.45) is 0. The van der Waals surface area contributed by atoms with E-state index in [1.807, 2.05) is 12.1 Å². The topological polar surface area (TPSA) is 46.3 Å². The molecule has 27 heavy (non-hydrogen) atoms. The molecule has 140 valence electrons. The number of halogens is 1. The summed E-state index contributed by atoms with van der Waals surface area (Å²) in [6, 6.07) is 15.2. The number of carbonyl (C=O) groups excluding carboxylic acids is 2. The van der Waals surface area contributed by atoms with E-state index in [1.54, 1.807) is 29.2 Å². The van der Waals surface area contributed by atoms with Crippen molar-refractivity contribution in [1.82, 2.24) is 4.90 Å². The highest BCUT2D eigenvalue weighted by Crippen LogP contribution is 2.21. The maximum atomic E-state index is 12.4. The summed E-state index contributed by atoms with van der Waals surface area (Å²) in [5, 5.41) is 0.774. The van der Waals surface area contributed by atoms with Crippen LogP contribution in [0.15, 0.2) is 48.5 Å². The fourth-order valence-electron chi connectivity index (χ4n) is 3.99. The SMILES string of the molecule is O=C1c2ccccc2C(=O)N1CC[NH+]1CC[NH+](Cc2ccc(Cl)cc2)CC1. The Kier molecular flexibility index (Phi) is 5.25. The lowest BCUT2D eigenvalue weighted by atomic mass is 10.1. The van der Waals surface area contributed by atoms with Gasteiger partial charge in [-0.15, -0.1) is 0 Å². The summed E-state index contributed by atoms with van der Waals surface area (Å²) in [6.45, 7) is 6.65. The fraction of sp³-hybridized carbons (Fsp3) is 0.333. The number of amides is 2. The Bertz CT molecular complexity index is 810. The molecule has 2 aromatic rings. The lowest BCUT2D eigenvalue weighted by Crippen LogP contribution is -3.27. The molecule has 0 bridgehead atoms. The number of hydrogen-bond donors (Lipinski definition) is 2. The van der Waals surface area contributed by atoms with E-state index in [9.17, 15) is 9.59 Å². The number of hydrogen-bond acceptors (Lipinski definition) is 2. The van der Waals surface area contributed by atoms with Crippen LogP contribution >= 0.6 is 11.6 Å². The van der Waals surface area contributed by atoms with Crippen molar-refractivity contribution in [3.63, 3.8) is 0 Å². The first-order valence-corrected chi connectivity index (χ1v) is 9.86. The van der Waals surface area contributed by atoms with Crippen molar-refractivity contribution in [2.45, 2.75) is 6.54 Å². The first-order valence-electron chi connectivity index (χ1n) is 9.48. The van der Waals surface area contributed by atoms with E-state index in [4.69, 9.17) is 11.6 Å². The molecule has 6 heteroatoms. The summed E-state index contributed by atoms with van der Waals surface area (Å²) >= 11 is 5.95. The highest BCUT2D eigenvalue weighted by Gasteiger charge is 2.36. The monoisotopic (exact) mass is 385 g/mol. The van der Waals surface area contributed by atoms with E-state index >= 15 is 0 Å². The smallest absolute Gasteiger partial charge is 0.261 e. The molecule has 4 rings (SSSR count). The first kappa shape index (κ1) is 18.2. The van der Waals surface area contributed by atoms with Crippen molar-refractivity contribution in [1.29, 1.82) is 0 Å². The number of fused-ring (bicyclic) bond motifs is 1. The van der Waals surface area contributed by atoms with Gasteiger partial charge in [0.25, 0.3) is 11.8 Å². The molecule has 1 fully saturated rings. The van der Waals surface area contributed by atoms with Crippen LogP contribution in [0.4, 0.5) is 0 Å². The van der Waals surface area contributed by atoms with Gasteiger partial charge < -0.3 is 9.80 Å². The fourth-order valence-corrected chi connectivity index (χ4v) is 4.11. The van der Waals surface area contributed by atoms with Gasteiger partial charge >= 0.3 is 0 Å². The number of piperazine rings is 1. The minimum absolute atomic E-state index is 0.151. The van der Waals surface area contributed by atoms with Crippen LogP contribution in [0.3, 0.4) is 0 Å². The predicted molar refractivity (Wildman–Crippen MR) is 103 cm³/mol. The molecule has 2 N–H and O–H groups in total. The standard InChI is InChI=1S/C21H22ClN3O2/c22-17-7-5-16(6-8-17)15-24-11-9-23(10-12-24)13-14-25-20(26)18-3-1-2-4-19(18)21(25)27/h1-8H,9-15H2/p+2. The van der Waals surface area contributed by atoms with Crippen molar-refractivity contribution in [2.24, 2.45) is 0 Å². The van der Waals surface area contributed by atoms with Crippen LogP contribution < -0.4 is 9.80 Å². The number of imide groups is 1. The third-order valence-corrected chi connectivity index (χ3v) is 5.85. The van der Waals surface area contributed by atoms with E-state index in [0.29, 0.717) is 17.7 Å². The second-order valence-electron chi connectivity index (χ2n) is 7.36. The Balaban J connectivity index is 1.26. The zero-order valence-corrected chi connectivity index (χ0v) is 16.0. The highest BCUT2D eigenvalue weighted by molar-refractivity contribution is 6.30. The molecule has 2 aliphatic rings. The van der Waals surface area contributed by atoms with Crippen molar-refractivity contribution in [3.05, 3.63) is 70.2 Å². The van der Waals surface area contributed by atoms with Gasteiger partial charge in [0.15, 0.2) is 0 Å². The summed E-state index contributed by atoms with van der Waals surface area (Å²) in [7, 11) is 0. The minimum Gasteiger partial charge on any atom is -0.324 e. The molecule has 1 saturated heterocycles. The van der Waals surface area contributed by atoms with E-state index < -0.39 is 0 Å². The van der Waals surface area contributed by atoms with Crippen LogP contribution in [0, 0.1) is 0 Å². The van der Waals surface area contributed by atoms with Gasteiger partial charge in [0, 0.05) is 10.6 Å². The lowest BCUT2D eigenvalue weighted by molar-refractivity contribution is -1.02. The maximum absolute atomic E-state index is 12.4. The normalized spacial score (nSPS) is 22.2. The predicted octanol–water partition coefficient (Wildman–Crippen LogP) is -0.0804. The number of carbonyl (C=O) groups is 2. The van der Waals surface area contributed by atoms with Gasteiger partial charge in [-0.1, -0.05) is 35.9 Å². The molecule has 0 radical (unpaired) electrons. The molecule has 0 aliphatic carbocycles. The Morgan fingerprint density at radius 3 is 1.96 bits per heavy atom. The van der Waals surface area contributed by atoms with Crippen molar-refractivity contribution < 1.29 is 19.4 Å². The van der Waals surface area contributed by atoms with E-state index in [1.165, 1.54) is 15.4 Å². The average Bonchev–Trinajstić information content (AvgIpc) is 2.94. The second-order valence-corrected chi connectivity index (χ2v) is 7.80. The second kappa shape index (κ2) is 7.80. The summed E-state index contributed by atoms with van der Waals surface area (Å²) < 4.78 is 0. The Morgan fingerprint density at radius 2 is 1.37 bits per heavy atom. The minimum atomic E-state index is -0.151. The quantitative estimate of drug-likeness (QED) is 0.707. The molecule has 2 aliphatic heterocycles. The molecule has 0 atom stereocenters. The van der Waals surface area contributed by atoms with Crippen LogP contribution in [-0.4, -0.2) is 56.0 Å². The summed E-state index contributed by atoms with van der Waals surface area (Å²) in [4.78, 5) is 29.3. The van der Waals surface area contributed by atoms with Crippen molar-refractivity contribution in [2.75, 3.05) is 39.3 Å². The van der Waals surface area contributed by atoms with Gasteiger partial charge in [0.05, 0.1) is 24.2 Å². The number of rotatable bonds is 5. The number of benzene rings is 2. The maximum Gasteiger partial charge on any atom is 0.261 e. The molecule has 0 unspecified atom stereocenters. The Hall–Kier alpha value is -2.21. The van der Waals surface area contributed by atoms with Crippen LogP contribution in [0.25, 0.3) is 0 Å². The van der Waals surface area contributed by atoms with E-state index in [2.05, 4.69) is 12.1 Å². The van der Waals surface area contributed by atoms with Gasteiger partial charge in [0.1, 0.15) is 32.7 Å². The lowest BCUT2D eigenvalue weighted by Gasteiger charge is -2.30. The molecule has 5 nitrogen and oxygen atoms in total. The average molecular weight is 386 g/mol. The molecular formula is C21H24ClN3O2+2. The van der Waals surface area contributed by atoms with Gasteiger partial charge in [0.2, 0.25) is 0 Å². The van der Waals surface area contributed by atoms with Gasteiger partial charge in [-0.25, -0.2) is 0 Å². The Labute approximate surface area is 164 Å². The zero-order chi connectivity index (χ0) is 18.8. The number of nitrogens with one attached hydrogen (secondary N) is 2. The van der Waals surface area contributed by atoms with Gasteiger partial charge in [-0.3, -0.25) is 14.5 Å². The third kappa shape index (κ3) is 3.90. The molecule has 0 saturated carbocycles. The van der Waals surface area contributed by atoms with Gasteiger partial charge in [-0.05, 0) is 24.3 Å². The van der Waals surface area contributed by atoms with E-state index in [0.717, 1.165) is 44.3 Å². The van der Waals surface area contributed by atoms with Crippen LogP contribution in [0.5, 0.6) is 0 Å². The molecule has 2 aromatic carbocycles. The molecular weight excluding hydrogens is 362 g/mol. The largest absolute Gasteiger partial charge is 0.324 e. The van der Waals surface area contributed by atoms with Crippen LogP contribution in [0.1, 0.15) is 26.3 Å². The summed E-state index contributed by atoms with van der Waals surface area (Å²) in [5.74, 6) is -0.302.